The third-order valence-electron chi connectivity index (χ3n) is 12.0. The molecule has 0 saturated carbocycles. The maximum atomic E-state index is 12.9. The fourth-order valence-corrected chi connectivity index (χ4v) is 8.61. The van der Waals surface area contributed by atoms with Crippen LogP contribution in [-0.2, 0) is 61.1 Å². The summed E-state index contributed by atoms with van der Waals surface area (Å²) in [6.45, 7) is 14.6. The first-order valence-corrected chi connectivity index (χ1v) is 24.1. The Bertz CT molecular complexity index is 2090. The van der Waals surface area contributed by atoms with Crippen molar-refractivity contribution in [2.75, 3.05) is 52.6 Å². The molecule has 6 aliphatic rings. The number of carboxylic acid groups (broad SMARTS) is 1. The fraction of sp³-hybridized carbons (Fsp3) is 0.625. The Morgan fingerprint density at radius 3 is 1.54 bits per heavy atom. The van der Waals surface area contributed by atoms with Gasteiger partial charge in [-0.1, -0.05) is 60.7 Å². The zero-order valence-corrected chi connectivity index (χ0v) is 41.5. The summed E-state index contributed by atoms with van der Waals surface area (Å²) in [5, 5.41) is 11.8. The summed E-state index contributed by atoms with van der Waals surface area (Å²) in [4.78, 5) is 101. The first kappa shape index (κ1) is 54.5. The van der Waals surface area contributed by atoms with Crippen LogP contribution in [0.1, 0.15) is 91.2 Å². The van der Waals surface area contributed by atoms with Crippen molar-refractivity contribution in [2.45, 2.75) is 141 Å². The van der Waals surface area contributed by atoms with Gasteiger partial charge in [0.1, 0.15) is 49.7 Å². The molecule has 23 nitrogen and oxygen atoms in total. The van der Waals surface area contributed by atoms with Crippen LogP contribution in [0.2, 0.25) is 0 Å². The maximum Gasteiger partial charge on any atom is 0.412 e. The summed E-state index contributed by atoms with van der Waals surface area (Å²) >= 11 is 0. The molecule has 8 rings (SSSR count). The number of nitrogens with zero attached hydrogens (tertiary/aromatic N) is 6. The fourth-order valence-electron chi connectivity index (χ4n) is 8.61. The van der Waals surface area contributed by atoms with E-state index in [1.165, 1.54) is 29.7 Å². The first-order chi connectivity index (χ1) is 33.8. The quantitative estimate of drug-likeness (QED) is 0.229. The van der Waals surface area contributed by atoms with E-state index in [4.69, 9.17) is 44.5 Å². The second-order valence-electron chi connectivity index (χ2n) is 19.7. The Labute approximate surface area is 414 Å². The Morgan fingerprint density at radius 2 is 1.10 bits per heavy atom. The number of rotatable bonds is 13. The summed E-state index contributed by atoms with van der Waals surface area (Å²) < 4.78 is 21.7. The summed E-state index contributed by atoms with van der Waals surface area (Å²) in [6, 6.07) is 17.0. The molecular weight excluding hydrogens is 929 g/mol. The van der Waals surface area contributed by atoms with Gasteiger partial charge in [0.05, 0.1) is 25.3 Å². The molecule has 6 saturated heterocycles. The van der Waals surface area contributed by atoms with Crippen molar-refractivity contribution in [1.82, 2.24) is 35.2 Å². The van der Waals surface area contributed by atoms with Crippen LogP contribution in [0, 0.1) is 0 Å². The molecule has 0 aliphatic carbocycles. The van der Waals surface area contributed by atoms with E-state index >= 15 is 0 Å². The Balaban J connectivity index is 0.000000193. The monoisotopic (exact) mass is 998 g/mol. The molecule has 71 heavy (non-hydrogen) atoms. The number of fused-ring (bicyclic) bond motifs is 4. The second-order valence-corrected chi connectivity index (χ2v) is 19.7. The number of hydrogen-bond acceptors (Lipinski definition) is 15. The molecule has 6 atom stereocenters. The van der Waals surface area contributed by atoms with E-state index in [0.29, 0.717) is 78.1 Å². The highest BCUT2D eigenvalue weighted by molar-refractivity contribution is 5.88. The van der Waals surface area contributed by atoms with Crippen LogP contribution in [0.4, 0.5) is 19.2 Å². The average molecular weight is 999 g/mol. The Morgan fingerprint density at radius 1 is 0.662 bits per heavy atom. The molecule has 4 N–H and O–H groups in total. The number of urea groups is 2. The molecule has 0 spiro atoms. The summed E-state index contributed by atoms with van der Waals surface area (Å²) in [5.41, 5.74) is 3.23. The summed E-state index contributed by atoms with van der Waals surface area (Å²) in [6.07, 6.45) is 1.76. The molecule has 7 amide bonds. The van der Waals surface area contributed by atoms with E-state index in [1.54, 1.807) is 20.8 Å². The highest BCUT2D eigenvalue weighted by atomic mass is 16.7. The van der Waals surface area contributed by atoms with Gasteiger partial charge in [-0.25, -0.2) is 35.3 Å². The molecule has 0 radical (unpaired) electrons. The smallest absolute Gasteiger partial charge is 0.412 e. The topological polar surface area (TPSA) is 254 Å². The lowest BCUT2D eigenvalue weighted by Crippen LogP contribution is -2.53. The van der Waals surface area contributed by atoms with Gasteiger partial charge in [0, 0.05) is 26.2 Å². The molecule has 6 aliphatic heterocycles. The van der Waals surface area contributed by atoms with Crippen LogP contribution in [0.15, 0.2) is 60.7 Å². The highest BCUT2D eigenvalue weighted by Crippen LogP contribution is 2.32. The third-order valence-corrected chi connectivity index (χ3v) is 12.0. The SMILES string of the molecule is CC(C)(C)OC(=O)N1CCCO[C@H]1CON.CC(C)(C)OC(=O)N1CCCO[C@H]1CONC(=O)[C@@H]1CC[C@@H]2CN1C(=O)N2OCc1ccccc1.O=C(O)[C@@H]1CC[C@@H]2CN1C(=O)N2OCc1ccccc1. The highest BCUT2D eigenvalue weighted by Gasteiger charge is 2.49. The minimum absolute atomic E-state index is 0.0400. The van der Waals surface area contributed by atoms with Gasteiger partial charge in [0.2, 0.25) is 0 Å². The van der Waals surface area contributed by atoms with Crippen molar-refractivity contribution in [3.05, 3.63) is 71.8 Å². The van der Waals surface area contributed by atoms with E-state index in [0.717, 1.165) is 17.5 Å². The number of carbonyl (C=O) groups excluding carboxylic acids is 5. The van der Waals surface area contributed by atoms with Crippen molar-refractivity contribution in [2.24, 2.45) is 5.90 Å². The number of nitrogens with one attached hydrogen (secondary N) is 1. The van der Waals surface area contributed by atoms with Crippen LogP contribution in [0.3, 0.4) is 0 Å². The van der Waals surface area contributed by atoms with E-state index < -0.39 is 59.8 Å². The Kier molecular flexibility index (Phi) is 19.2. The van der Waals surface area contributed by atoms with Crippen molar-refractivity contribution < 1.29 is 72.2 Å². The second kappa shape index (κ2) is 25.0. The third kappa shape index (κ3) is 15.3. The Hall–Kier alpha value is -5.82. The number of nitrogens with two attached hydrogens (primary N) is 1. The molecule has 2 aromatic carbocycles. The predicted molar refractivity (Wildman–Crippen MR) is 250 cm³/mol. The number of aliphatic carboxylic acids is 1. The number of carbonyl (C=O) groups is 6. The van der Waals surface area contributed by atoms with Gasteiger partial charge in [-0.3, -0.25) is 33.9 Å². The lowest BCUT2D eigenvalue weighted by molar-refractivity contribution is -0.157. The van der Waals surface area contributed by atoms with E-state index in [9.17, 15) is 28.8 Å². The molecule has 6 fully saturated rings. The molecule has 2 aromatic rings. The van der Waals surface area contributed by atoms with E-state index in [2.05, 4.69) is 10.3 Å². The molecule has 0 unspecified atom stereocenters. The lowest BCUT2D eigenvalue weighted by Gasteiger charge is -2.36. The van der Waals surface area contributed by atoms with Crippen molar-refractivity contribution in [3.8, 4) is 0 Å². The number of hydroxylamine groups is 5. The summed E-state index contributed by atoms with van der Waals surface area (Å²) in [7, 11) is 0. The number of hydrogen-bond donors (Lipinski definition) is 3. The van der Waals surface area contributed by atoms with Gasteiger partial charge in [-0.2, -0.15) is 10.1 Å². The summed E-state index contributed by atoms with van der Waals surface area (Å²) in [5.74, 6) is 3.63. The molecular formula is C48H70N8O15. The van der Waals surface area contributed by atoms with Crippen molar-refractivity contribution in [3.63, 3.8) is 0 Å². The predicted octanol–water partition coefficient (Wildman–Crippen LogP) is 4.75. The minimum Gasteiger partial charge on any atom is -0.480 e. The van der Waals surface area contributed by atoms with Crippen molar-refractivity contribution in [1.29, 1.82) is 0 Å². The van der Waals surface area contributed by atoms with Gasteiger partial charge in [0.15, 0.2) is 12.5 Å². The molecule has 23 heteroatoms. The number of carboxylic acids is 1. The lowest BCUT2D eigenvalue weighted by atomic mass is 10.0. The number of benzene rings is 2. The average Bonchev–Trinajstić information content (AvgIpc) is 3.71. The van der Waals surface area contributed by atoms with Crippen LogP contribution in [0.5, 0.6) is 0 Å². The first-order valence-electron chi connectivity index (χ1n) is 24.1. The van der Waals surface area contributed by atoms with Gasteiger partial charge in [-0.15, -0.1) is 0 Å². The zero-order valence-electron chi connectivity index (χ0n) is 41.5. The molecule has 4 bridgehead atoms. The number of ether oxygens (including phenoxy) is 4. The molecule has 0 aromatic heterocycles. The van der Waals surface area contributed by atoms with Gasteiger partial charge in [0.25, 0.3) is 5.91 Å². The zero-order chi connectivity index (χ0) is 51.3. The van der Waals surface area contributed by atoms with Crippen LogP contribution < -0.4 is 11.4 Å². The van der Waals surface area contributed by atoms with E-state index in [-0.39, 0.29) is 44.0 Å². The van der Waals surface area contributed by atoms with Crippen molar-refractivity contribution >= 4 is 36.1 Å². The molecule has 6 heterocycles. The van der Waals surface area contributed by atoms with Gasteiger partial charge >= 0.3 is 30.2 Å². The van der Waals surface area contributed by atoms with Crippen LogP contribution >= 0.6 is 0 Å². The largest absolute Gasteiger partial charge is 0.480 e. The standard InChI is InChI=1S/C24H34N4O7.C14H16N2O4.C10H20N2O4/c1-24(2,3)35-23(31)26-12-7-13-32-20(26)16-33-25-21(29)19-11-10-18-14-27(19)22(30)28(18)34-15-17-8-5-4-6-9-17;17-13(18)12-7-6-11-8-15(12)14(19)16(11)20-9-10-4-2-1-3-5-10;1-10(2,3)16-9(13)12-5-4-6-14-8(12)7-15-11/h4-6,8-9,18-20H,7,10-16H2,1-3H3,(H,25,29);1-5,11-12H,6-9H2,(H,17,18);8H,4-7,11H2,1-3H3/t18-,19+,20+;11-,12+;8-/m110/s1. The number of piperidine rings is 2. The van der Waals surface area contributed by atoms with Gasteiger partial charge in [-0.05, 0) is 91.2 Å². The van der Waals surface area contributed by atoms with E-state index in [1.807, 2.05) is 81.4 Å². The van der Waals surface area contributed by atoms with Crippen LogP contribution in [0.25, 0.3) is 0 Å². The maximum absolute atomic E-state index is 12.9. The van der Waals surface area contributed by atoms with Crippen LogP contribution in [-0.4, -0.2) is 171 Å². The minimum atomic E-state index is -0.943. The number of amides is 7. The molecule has 392 valence electrons. The van der Waals surface area contributed by atoms with Gasteiger partial charge < -0.3 is 33.9 Å². The normalized spacial score (nSPS) is 24.1.